The lowest BCUT2D eigenvalue weighted by Gasteiger charge is -2.16. The summed E-state index contributed by atoms with van der Waals surface area (Å²) < 4.78 is 5.87. The van der Waals surface area contributed by atoms with Crippen LogP contribution in [0.2, 0.25) is 0 Å². The van der Waals surface area contributed by atoms with Crippen molar-refractivity contribution in [1.82, 2.24) is 0 Å². The van der Waals surface area contributed by atoms with E-state index in [1.54, 1.807) is 32.2 Å². The van der Waals surface area contributed by atoms with Gasteiger partial charge in [0, 0.05) is 0 Å². The molecule has 14 heavy (non-hydrogen) atoms. The van der Waals surface area contributed by atoms with Gasteiger partial charge in [0.25, 0.3) is 0 Å². The molecule has 0 bridgehead atoms. The van der Waals surface area contributed by atoms with Crippen molar-refractivity contribution in [2.75, 3.05) is 7.11 Å². The summed E-state index contributed by atoms with van der Waals surface area (Å²) in [5.74, 6) is 0.725. The first kappa shape index (κ1) is 11.0. The number of nitrogens with zero attached hydrogens (tertiary/aromatic N) is 1. The molecule has 0 radical (unpaired) electrons. The summed E-state index contributed by atoms with van der Waals surface area (Å²) in [6.45, 7) is 1.67. The molecule has 4 heteroatoms. The Balaban J connectivity index is 3.17. The lowest BCUT2D eigenvalue weighted by atomic mass is 9.95. The zero-order valence-electron chi connectivity index (χ0n) is 8.04. The van der Waals surface area contributed by atoms with Crippen LogP contribution in [0.1, 0.15) is 12.5 Å². The number of ether oxygens (including phenoxy) is 1. The fraction of sp³-hybridized carbons (Fsp3) is 0.300. The molecule has 0 amide bonds. The van der Waals surface area contributed by atoms with Crippen molar-refractivity contribution >= 4 is 15.9 Å². The molecule has 0 saturated heterocycles. The predicted molar refractivity (Wildman–Crippen MR) is 57.8 cm³/mol. The third-order valence-electron chi connectivity index (χ3n) is 1.98. The molecule has 3 nitrogen and oxygen atoms in total. The largest absolute Gasteiger partial charge is 0.496 e. The Morgan fingerprint density at radius 2 is 2.21 bits per heavy atom. The van der Waals surface area contributed by atoms with Crippen LogP contribution >= 0.6 is 15.9 Å². The third-order valence-corrected chi connectivity index (χ3v) is 2.60. The highest BCUT2D eigenvalue weighted by Gasteiger charge is 2.21. The zero-order valence-corrected chi connectivity index (χ0v) is 9.63. The minimum absolute atomic E-state index is 0.725. The minimum atomic E-state index is -0.964. The molecule has 0 aliphatic rings. The Hall–Kier alpha value is -1.05. The molecule has 0 fully saturated rings. The summed E-state index contributed by atoms with van der Waals surface area (Å²) in [6.07, 6.45) is 0. The number of rotatable bonds is 2. The first-order valence-electron chi connectivity index (χ1n) is 4.05. The number of benzene rings is 1. The first-order valence-corrected chi connectivity index (χ1v) is 4.84. The molecule has 1 rings (SSSR count). The van der Waals surface area contributed by atoms with Crippen LogP contribution in [-0.2, 0) is 5.54 Å². The topological polar surface area (TPSA) is 59.0 Å². The second kappa shape index (κ2) is 3.99. The van der Waals surface area contributed by atoms with Crippen LogP contribution < -0.4 is 10.5 Å². The molecule has 0 aliphatic heterocycles. The SMILES string of the molecule is COc1ccc(C(C)(N)C#N)cc1Br. The van der Waals surface area contributed by atoms with Crippen molar-refractivity contribution < 1.29 is 4.74 Å². The number of nitriles is 1. The van der Waals surface area contributed by atoms with E-state index in [9.17, 15) is 0 Å². The Morgan fingerprint density at radius 1 is 1.57 bits per heavy atom. The van der Waals surface area contributed by atoms with E-state index in [4.69, 9.17) is 15.7 Å². The van der Waals surface area contributed by atoms with Gasteiger partial charge in [-0.15, -0.1) is 0 Å². The summed E-state index contributed by atoms with van der Waals surface area (Å²) in [4.78, 5) is 0. The van der Waals surface area contributed by atoms with Crippen LogP contribution in [0.4, 0.5) is 0 Å². The predicted octanol–water partition coefficient (Wildman–Crippen LogP) is 2.16. The lowest BCUT2D eigenvalue weighted by Crippen LogP contribution is -2.30. The third kappa shape index (κ3) is 2.06. The van der Waals surface area contributed by atoms with Crippen molar-refractivity contribution in [1.29, 1.82) is 5.26 Å². The number of halogens is 1. The van der Waals surface area contributed by atoms with Gasteiger partial charge in [0.05, 0.1) is 17.7 Å². The van der Waals surface area contributed by atoms with E-state index in [2.05, 4.69) is 15.9 Å². The summed E-state index contributed by atoms with van der Waals surface area (Å²) in [6, 6.07) is 7.40. The summed E-state index contributed by atoms with van der Waals surface area (Å²) in [7, 11) is 1.59. The molecule has 0 aliphatic carbocycles. The molecular formula is C10H11BrN2O. The van der Waals surface area contributed by atoms with Crippen molar-refractivity contribution in [3.8, 4) is 11.8 Å². The van der Waals surface area contributed by atoms with Gasteiger partial charge in [0.1, 0.15) is 11.3 Å². The Morgan fingerprint density at radius 3 is 2.64 bits per heavy atom. The van der Waals surface area contributed by atoms with Gasteiger partial charge in [-0.3, -0.25) is 0 Å². The van der Waals surface area contributed by atoms with Crippen molar-refractivity contribution in [2.45, 2.75) is 12.5 Å². The van der Waals surface area contributed by atoms with E-state index in [1.807, 2.05) is 6.07 Å². The second-order valence-electron chi connectivity index (χ2n) is 3.16. The molecule has 0 saturated carbocycles. The van der Waals surface area contributed by atoms with Crippen LogP contribution in [0.3, 0.4) is 0 Å². The quantitative estimate of drug-likeness (QED) is 0.880. The van der Waals surface area contributed by atoms with Crippen LogP contribution in [-0.4, -0.2) is 7.11 Å². The minimum Gasteiger partial charge on any atom is -0.496 e. The van der Waals surface area contributed by atoms with Crippen molar-refractivity contribution in [3.63, 3.8) is 0 Å². The Kier molecular flexibility index (Phi) is 3.14. The highest BCUT2D eigenvalue weighted by atomic mass is 79.9. The number of hydrogen-bond acceptors (Lipinski definition) is 3. The molecule has 1 atom stereocenters. The van der Waals surface area contributed by atoms with E-state index in [0.717, 1.165) is 15.8 Å². The summed E-state index contributed by atoms with van der Waals surface area (Å²) in [5, 5.41) is 8.84. The Bertz CT molecular complexity index is 382. The van der Waals surface area contributed by atoms with Crippen LogP contribution in [0.5, 0.6) is 5.75 Å². The number of methoxy groups -OCH3 is 1. The molecule has 0 heterocycles. The van der Waals surface area contributed by atoms with Crippen LogP contribution in [0.15, 0.2) is 22.7 Å². The molecule has 1 unspecified atom stereocenters. The van der Waals surface area contributed by atoms with Crippen LogP contribution in [0.25, 0.3) is 0 Å². The Labute approximate surface area is 91.6 Å². The standard InChI is InChI=1S/C10H11BrN2O/c1-10(13,6-12)7-3-4-9(14-2)8(11)5-7/h3-5H,13H2,1-2H3. The molecule has 1 aromatic carbocycles. The van der Waals surface area contributed by atoms with Gasteiger partial charge in [-0.25, -0.2) is 0 Å². The van der Waals surface area contributed by atoms with Crippen molar-refractivity contribution in [2.24, 2.45) is 5.73 Å². The molecular weight excluding hydrogens is 244 g/mol. The van der Waals surface area contributed by atoms with E-state index >= 15 is 0 Å². The molecule has 2 N–H and O–H groups in total. The highest BCUT2D eigenvalue weighted by Crippen LogP contribution is 2.29. The van der Waals surface area contributed by atoms with E-state index < -0.39 is 5.54 Å². The van der Waals surface area contributed by atoms with Gasteiger partial charge >= 0.3 is 0 Å². The summed E-state index contributed by atoms with van der Waals surface area (Å²) >= 11 is 3.34. The lowest BCUT2D eigenvalue weighted by molar-refractivity contribution is 0.411. The fourth-order valence-corrected chi connectivity index (χ4v) is 1.59. The normalized spacial score (nSPS) is 14.2. The van der Waals surface area contributed by atoms with E-state index in [1.165, 1.54) is 0 Å². The fourth-order valence-electron chi connectivity index (χ4n) is 1.05. The van der Waals surface area contributed by atoms with Crippen LogP contribution in [0, 0.1) is 11.3 Å². The average molecular weight is 255 g/mol. The maximum atomic E-state index is 8.84. The molecule has 1 aromatic rings. The van der Waals surface area contributed by atoms with Gasteiger partial charge in [0.15, 0.2) is 0 Å². The van der Waals surface area contributed by atoms with Gasteiger partial charge in [-0.1, -0.05) is 6.07 Å². The highest BCUT2D eigenvalue weighted by molar-refractivity contribution is 9.10. The monoisotopic (exact) mass is 254 g/mol. The average Bonchev–Trinajstić information content (AvgIpc) is 2.17. The second-order valence-corrected chi connectivity index (χ2v) is 4.02. The first-order chi connectivity index (χ1) is 6.51. The maximum Gasteiger partial charge on any atom is 0.133 e. The maximum absolute atomic E-state index is 8.84. The smallest absolute Gasteiger partial charge is 0.133 e. The summed E-state index contributed by atoms with van der Waals surface area (Å²) in [5.41, 5.74) is 5.57. The van der Waals surface area contributed by atoms with E-state index in [0.29, 0.717) is 0 Å². The number of nitrogens with two attached hydrogens (primary N) is 1. The van der Waals surface area contributed by atoms with E-state index in [-0.39, 0.29) is 0 Å². The molecule has 74 valence electrons. The van der Waals surface area contributed by atoms with Gasteiger partial charge in [-0.2, -0.15) is 5.26 Å². The number of hydrogen-bond donors (Lipinski definition) is 1. The molecule has 0 spiro atoms. The zero-order chi connectivity index (χ0) is 10.8. The van der Waals surface area contributed by atoms with Gasteiger partial charge < -0.3 is 10.5 Å². The molecule has 0 aromatic heterocycles. The van der Waals surface area contributed by atoms with Gasteiger partial charge in [-0.05, 0) is 40.5 Å². The van der Waals surface area contributed by atoms with Gasteiger partial charge in [0.2, 0.25) is 0 Å². The van der Waals surface area contributed by atoms with Crippen molar-refractivity contribution in [3.05, 3.63) is 28.2 Å².